The largest absolute Gasteiger partial charge is 0.478 e. The highest BCUT2D eigenvalue weighted by Crippen LogP contribution is 2.24. The van der Waals surface area contributed by atoms with Crippen LogP contribution in [0.1, 0.15) is 50.8 Å². The van der Waals surface area contributed by atoms with Crippen molar-refractivity contribution < 1.29 is 14.3 Å². The van der Waals surface area contributed by atoms with Gasteiger partial charge in [-0.3, -0.25) is 0 Å². The van der Waals surface area contributed by atoms with E-state index in [2.05, 4.69) is 0 Å². The van der Waals surface area contributed by atoms with Crippen molar-refractivity contribution in [1.29, 1.82) is 0 Å². The van der Waals surface area contributed by atoms with Gasteiger partial charge in [0.2, 0.25) is 0 Å². The van der Waals surface area contributed by atoms with Gasteiger partial charge in [0.05, 0.1) is 6.61 Å². The molecular formula is C16H25NO3. The molecule has 0 aliphatic heterocycles. The fraction of sp³-hybridized carbons (Fsp3) is 0.562. The van der Waals surface area contributed by atoms with E-state index in [9.17, 15) is 4.79 Å². The topological polar surface area (TPSA) is 61.5 Å². The van der Waals surface area contributed by atoms with Crippen molar-refractivity contribution in [3.8, 4) is 5.75 Å². The maximum absolute atomic E-state index is 11.9. The van der Waals surface area contributed by atoms with Gasteiger partial charge in [-0.05, 0) is 44.4 Å². The summed E-state index contributed by atoms with van der Waals surface area (Å²) < 4.78 is 10.9. The Hall–Kier alpha value is -1.55. The molecule has 1 aromatic rings. The van der Waals surface area contributed by atoms with Gasteiger partial charge in [0, 0.05) is 6.04 Å². The van der Waals surface area contributed by atoms with E-state index in [4.69, 9.17) is 15.2 Å². The summed E-state index contributed by atoms with van der Waals surface area (Å²) in [6.07, 6.45) is 0.966. The van der Waals surface area contributed by atoms with Crippen molar-refractivity contribution in [2.24, 2.45) is 5.73 Å². The molecule has 0 amide bonds. The maximum Gasteiger partial charge on any atom is 0.347 e. The average molecular weight is 279 g/mol. The lowest BCUT2D eigenvalue weighted by Crippen LogP contribution is -2.29. The smallest absolute Gasteiger partial charge is 0.347 e. The SMILES string of the molecule is CCCC(Oc1ccc(C(C)N)cc1C)C(=O)OCC. The Bertz CT molecular complexity index is 443. The third-order valence-corrected chi connectivity index (χ3v) is 3.09. The summed E-state index contributed by atoms with van der Waals surface area (Å²) in [6, 6.07) is 5.78. The highest BCUT2D eigenvalue weighted by atomic mass is 16.6. The first kappa shape index (κ1) is 16.5. The van der Waals surface area contributed by atoms with Crippen molar-refractivity contribution in [1.82, 2.24) is 0 Å². The summed E-state index contributed by atoms with van der Waals surface area (Å²) in [5.41, 5.74) is 7.89. The van der Waals surface area contributed by atoms with Crippen LogP contribution in [0.5, 0.6) is 5.75 Å². The van der Waals surface area contributed by atoms with Crippen LogP contribution in [0.2, 0.25) is 0 Å². The lowest BCUT2D eigenvalue weighted by Gasteiger charge is -2.19. The second-order valence-electron chi connectivity index (χ2n) is 4.96. The molecule has 0 radical (unpaired) electrons. The summed E-state index contributed by atoms with van der Waals surface area (Å²) in [5, 5.41) is 0. The van der Waals surface area contributed by atoms with Gasteiger partial charge in [-0.1, -0.05) is 25.5 Å². The van der Waals surface area contributed by atoms with Crippen LogP contribution in [0.15, 0.2) is 18.2 Å². The molecule has 1 aromatic carbocycles. The standard InChI is InChI=1S/C16H25NO3/c1-5-7-15(16(18)19-6-2)20-14-9-8-13(12(4)17)10-11(14)3/h8-10,12,15H,5-7,17H2,1-4H3. The number of carbonyl (C=O) groups excluding carboxylic acids is 1. The molecule has 0 aliphatic carbocycles. The van der Waals surface area contributed by atoms with E-state index in [1.165, 1.54) is 0 Å². The quantitative estimate of drug-likeness (QED) is 0.779. The fourth-order valence-corrected chi connectivity index (χ4v) is 1.96. The molecule has 2 N–H and O–H groups in total. The monoisotopic (exact) mass is 279 g/mol. The number of aryl methyl sites for hydroxylation is 1. The summed E-state index contributed by atoms with van der Waals surface area (Å²) in [4.78, 5) is 11.9. The van der Waals surface area contributed by atoms with Gasteiger partial charge in [-0.15, -0.1) is 0 Å². The first-order valence-electron chi connectivity index (χ1n) is 7.19. The Morgan fingerprint density at radius 3 is 2.55 bits per heavy atom. The Morgan fingerprint density at radius 2 is 2.05 bits per heavy atom. The summed E-state index contributed by atoms with van der Waals surface area (Å²) in [7, 11) is 0. The minimum absolute atomic E-state index is 0.0146. The van der Waals surface area contributed by atoms with Gasteiger partial charge in [0.1, 0.15) is 5.75 Å². The van der Waals surface area contributed by atoms with E-state index in [0.29, 0.717) is 18.8 Å². The van der Waals surface area contributed by atoms with Crippen molar-refractivity contribution in [3.63, 3.8) is 0 Å². The zero-order chi connectivity index (χ0) is 15.1. The van der Waals surface area contributed by atoms with Crippen molar-refractivity contribution in [2.75, 3.05) is 6.61 Å². The maximum atomic E-state index is 11.9. The lowest BCUT2D eigenvalue weighted by molar-refractivity contribution is -0.151. The molecule has 112 valence electrons. The third-order valence-electron chi connectivity index (χ3n) is 3.09. The van der Waals surface area contributed by atoms with Crippen molar-refractivity contribution in [2.45, 2.75) is 52.7 Å². The van der Waals surface area contributed by atoms with E-state index in [0.717, 1.165) is 17.5 Å². The minimum atomic E-state index is -0.542. The highest BCUT2D eigenvalue weighted by Gasteiger charge is 2.21. The number of carbonyl (C=O) groups is 1. The molecule has 4 heteroatoms. The van der Waals surface area contributed by atoms with Gasteiger partial charge in [-0.25, -0.2) is 4.79 Å². The van der Waals surface area contributed by atoms with Crippen molar-refractivity contribution >= 4 is 5.97 Å². The normalized spacial score (nSPS) is 13.7. The lowest BCUT2D eigenvalue weighted by atomic mass is 10.1. The number of rotatable bonds is 7. The summed E-state index contributed by atoms with van der Waals surface area (Å²) >= 11 is 0. The van der Waals surface area contributed by atoms with Gasteiger partial charge >= 0.3 is 5.97 Å². The molecule has 0 aliphatic rings. The number of benzene rings is 1. The van der Waals surface area contributed by atoms with Gasteiger partial charge < -0.3 is 15.2 Å². The van der Waals surface area contributed by atoms with Crippen LogP contribution in [0, 0.1) is 6.92 Å². The number of hydrogen-bond acceptors (Lipinski definition) is 4. The zero-order valence-electron chi connectivity index (χ0n) is 12.8. The van der Waals surface area contributed by atoms with Crippen LogP contribution in [0.25, 0.3) is 0 Å². The van der Waals surface area contributed by atoms with E-state index in [1.54, 1.807) is 6.92 Å². The predicted octanol–water partition coefficient (Wildman–Crippen LogP) is 3.13. The molecule has 4 nitrogen and oxygen atoms in total. The van der Waals surface area contributed by atoms with E-state index in [-0.39, 0.29) is 12.0 Å². The first-order valence-corrected chi connectivity index (χ1v) is 7.19. The van der Waals surface area contributed by atoms with Crippen LogP contribution in [-0.2, 0) is 9.53 Å². The second kappa shape index (κ2) is 7.90. The number of hydrogen-bond donors (Lipinski definition) is 1. The zero-order valence-corrected chi connectivity index (χ0v) is 12.8. The van der Waals surface area contributed by atoms with E-state index < -0.39 is 6.10 Å². The molecule has 20 heavy (non-hydrogen) atoms. The molecule has 0 saturated carbocycles. The summed E-state index contributed by atoms with van der Waals surface area (Å²) in [5.74, 6) is 0.408. The minimum Gasteiger partial charge on any atom is -0.478 e. The predicted molar refractivity (Wildman–Crippen MR) is 79.7 cm³/mol. The molecule has 0 bridgehead atoms. The molecule has 0 saturated heterocycles. The Balaban J connectivity index is 2.85. The average Bonchev–Trinajstić information content (AvgIpc) is 2.40. The molecular weight excluding hydrogens is 254 g/mol. The number of nitrogens with two attached hydrogens (primary N) is 1. The molecule has 0 heterocycles. The summed E-state index contributed by atoms with van der Waals surface area (Å²) in [6.45, 7) is 8.07. The molecule has 0 aromatic heterocycles. The highest BCUT2D eigenvalue weighted by molar-refractivity contribution is 5.75. The Labute approximate surface area is 121 Å². The second-order valence-corrected chi connectivity index (χ2v) is 4.96. The number of ether oxygens (including phenoxy) is 2. The Kier molecular flexibility index (Phi) is 6.52. The van der Waals surface area contributed by atoms with Gasteiger partial charge in [-0.2, -0.15) is 0 Å². The first-order chi connectivity index (χ1) is 9.49. The van der Waals surface area contributed by atoms with Crippen LogP contribution < -0.4 is 10.5 Å². The van der Waals surface area contributed by atoms with Gasteiger partial charge in [0.25, 0.3) is 0 Å². The molecule has 2 atom stereocenters. The van der Waals surface area contributed by atoms with Crippen LogP contribution in [0.4, 0.5) is 0 Å². The number of esters is 1. The van der Waals surface area contributed by atoms with E-state index >= 15 is 0 Å². The Morgan fingerprint density at radius 1 is 1.35 bits per heavy atom. The van der Waals surface area contributed by atoms with Crippen LogP contribution >= 0.6 is 0 Å². The molecule has 0 spiro atoms. The molecule has 1 rings (SSSR count). The van der Waals surface area contributed by atoms with Crippen LogP contribution in [-0.4, -0.2) is 18.7 Å². The van der Waals surface area contributed by atoms with Gasteiger partial charge in [0.15, 0.2) is 6.10 Å². The fourth-order valence-electron chi connectivity index (χ4n) is 1.96. The van der Waals surface area contributed by atoms with E-state index in [1.807, 2.05) is 39.0 Å². The van der Waals surface area contributed by atoms with Crippen molar-refractivity contribution in [3.05, 3.63) is 29.3 Å². The molecule has 2 unspecified atom stereocenters. The third kappa shape index (κ3) is 4.53. The molecule has 0 fully saturated rings. The van der Waals surface area contributed by atoms with Crippen LogP contribution in [0.3, 0.4) is 0 Å².